The van der Waals surface area contributed by atoms with E-state index in [1.807, 2.05) is 13.0 Å². The van der Waals surface area contributed by atoms with E-state index in [1.165, 1.54) is 4.88 Å². The Labute approximate surface area is 77.1 Å². The molecule has 1 aromatic heterocycles. The Hall–Kier alpha value is -0.640. The molecule has 0 bridgehead atoms. The lowest BCUT2D eigenvalue weighted by atomic mass is 10.1. The molecule has 1 rings (SSSR count). The number of rotatable bonds is 4. The van der Waals surface area contributed by atoms with Crippen molar-refractivity contribution in [3.8, 4) is 0 Å². The van der Waals surface area contributed by atoms with E-state index in [-0.39, 0.29) is 6.04 Å². The van der Waals surface area contributed by atoms with E-state index in [2.05, 4.69) is 23.5 Å². The van der Waals surface area contributed by atoms with Crippen LogP contribution >= 0.6 is 11.3 Å². The van der Waals surface area contributed by atoms with E-state index in [0.717, 1.165) is 12.0 Å². The summed E-state index contributed by atoms with van der Waals surface area (Å²) in [5.41, 5.74) is 3.82. The van der Waals surface area contributed by atoms with Gasteiger partial charge >= 0.3 is 0 Å². The average Bonchev–Trinajstić information content (AvgIpc) is 2.51. The molecule has 0 saturated heterocycles. The fraction of sp³-hybridized carbons (Fsp3) is 0.333. The highest BCUT2D eigenvalue weighted by Gasteiger charge is 2.07. The Morgan fingerprint density at radius 2 is 2.58 bits per heavy atom. The van der Waals surface area contributed by atoms with Gasteiger partial charge in [-0.15, -0.1) is 11.3 Å². The van der Waals surface area contributed by atoms with E-state index in [1.54, 1.807) is 11.3 Å². The van der Waals surface area contributed by atoms with E-state index >= 15 is 0 Å². The van der Waals surface area contributed by atoms with Gasteiger partial charge in [0.1, 0.15) is 0 Å². The van der Waals surface area contributed by atoms with Gasteiger partial charge in [-0.25, -0.2) is 0 Å². The Balaban J connectivity index is 2.54. The van der Waals surface area contributed by atoms with Gasteiger partial charge in [0.25, 0.3) is 0 Å². The summed E-state index contributed by atoms with van der Waals surface area (Å²) in [5.74, 6) is 5.38. The van der Waals surface area contributed by atoms with Crippen LogP contribution in [0.4, 0.5) is 0 Å². The van der Waals surface area contributed by atoms with Gasteiger partial charge in [-0.3, -0.25) is 11.3 Å². The Kier molecular flexibility index (Phi) is 3.47. The lowest BCUT2D eigenvalue weighted by Gasteiger charge is -2.14. The first-order chi connectivity index (χ1) is 5.74. The summed E-state index contributed by atoms with van der Waals surface area (Å²) in [7, 11) is 0. The fourth-order valence-electron chi connectivity index (χ4n) is 1.01. The van der Waals surface area contributed by atoms with Crippen LogP contribution in [0, 0.1) is 0 Å². The van der Waals surface area contributed by atoms with Crippen LogP contribution < -0.4 is 11.3 Å². The van der Waals surface area contributed by atoms with E-state index in [0.29, 0.717) is 0 Å². The third-order valence-corrected chi connectivity index (χ3v) is 2.68. The minimum Gasteiger partial charge on any atom is -0.271 e. The van der Waals surface area contributed by atoms with Crippen LogP contribution in [-0.4, -0.2) is 6.04 Å². The molecule has 12 heavy (non-hydrogen) atoms. The smallest absolute Gasteiger partial charge is 0.0462 e. The summed E-state index contributed by atoms with van der Waals surface area (Å²) in [6, 6.07) is 4.35. The summed E-state index contributed by atoms with van der Waals surface area (Å²) < 4.78 is 0. The Bertz CT molecular complexity index is 241. The molecule has 0 aliphatic carbocycles. The lowest BCUT2D eigenvalue weighted by molar-refractivity contribution is 0.595. The van der Waals surface area contributed by atoms with Crippen molar-refractivity contribution in [2.24, 2.45) is 5.84 Å². The molecule has 1 aromatic rings. The Morgan fingerprint density at radius 3 is 3.00 bits per heavy atom. The molecule has 0 saturated carbocycles. The summed E-state index contributed by atoms with van der Waals surface area (Å²) in [5, 5.41) is 2.07. The highest BCUT2D eigenvalue weighted by atomic mass is 32.1. The predicted octanol–water partition coefficient (Wildman–Crippen LogP) is 1.70. The average molecular weight is 182 g/mol. The topological polar surface area (TPSA) is 38.0 Å². The molecule has 1 atom stereocenters. The fourth-order valence-corrected chi connectivity index (χ4v) is 1.76. The highest BCUT2D eigenvalue weighted by molar-refractivity contribution is 7.09. The number of thiophene rings is 1. The molecule has 1 heterocycles. The van der Waals surface area contributed by atoms with Crippen LogP contribution in [-0.2, 0) is 6.42 Å². The minimum absolute atomic E-state index is 0.198. The molecule has 0 radical (unpaired) electrons. The van der Waals surface area contributed by atoms with Gasteiger partial charge in [0.2, 0.25) is 0 Å². The van der Waals surface area contributed by atoms with Gasteiger partial charge < -0.3 is 0 Å². The predicted molar refractivity (Wildman–Crippen MR) is 53.9 cm³/mol. The number of hydrogen-bond acceptors (Lipinski definition) is 3. The van der Waals surface area contributed by atoms with Crippen LogP contribution in [0.1, 0.15) is 11.8 Å². The lowest BCUT2D eigenvalue weighted by Crippen LogP contribution is -2.37. The van der Waals surface area contributed by atoms with Crippen molar-refractivity contribution in [1.29, 1.82) is 0 Å². The van der Waals surface area contributed by atoms with E-state index in [4.69, 9.17) is 5.84 Å². The number of nitrogens with one attached hydrogen (secondary N) is 1. The first-order valence-corrected chi connectivity index (χ1v) is 4.76. The van der Waals surface area contributed by atoms with Gasteiger partial charge in [0.05, 0.1) is 0 Å². The molecule has 3 N–H and O–H groups in total. The third kappa shape index (κ3) is 2.44. The van der Waals surface area contributed by atoms with Crippen LogP contribution in [0.5, 0.6) is 0 Å². The monoisotopic (exact) mass is 182 g/mol. The van der Waals surface area contributed by atoms with Crippen molar-refractivity contribution in [2.45, 2.75) is 19.4 Å². The quantitative estimate of drug-likeness (QED) is 0.422. The van der Waals surface area contributed by atoms with Gasteiger partial charge in [0, 0.05) is 17.3 Å². The van der Waals surface area contributed by atoms with Crippen molar-refractivity contribution in [3.63, 3.8) is 0 Å². The van der Waals surface area contributed by atoms with Crippen molar-refractivity contribution in [2.75, 3.05) is 0 Å². The molecule has 0 aromatic carbocycles. The molecule has 0 spiro atoms. The molecular formula is C9H14N2S. The molecule has 0 aliphatic heterocycles. The number of hydrogen-bond donors (Lipinski definition) is 2. The summed E-state index contributed by atoms with van der Waals surface area (Å²) >= 11 is 1.75. The highest BCUT2D eigenvalue weighted by Crippen LogP contribution is 2.13. The second-order valence-corrected chi connectivity index (χ2v) is 3.88. The first kappa shape index (κ1) is 9.45. The minimum atomic E-state index is 0.198. The maximum absolute atomic E-state index is 5.38. The molecular weight excluding hydrogens is 168 g/mol. The standard InChI is InChI=1S/C9H14N2S/c1-7(2)9(11-10)6-8-4-3-5-12-8/h3-5,9,11H,1,6,10H2,2H3. The normalized spacial score (nSPS) is 12.8. The molecule has 0 aliphatic rings. The molecule has 66 valence electrons. The zero-order valence-electron chi connectivity index (χ0n) is 7.21. The summed E-state index contributed by atoms with van der Waals surface area (Å²) in [4.78, 5) is 1.33. The van der Waals surface area contributed by atoms with Crippen molar-refractivity contribution >= 4 is 11.3 Å². The maximum Gasteiger partial charge on any atom is 0.0462 e. The second kappa shape index (κ2) is 4.40. The third-order valence-electron chi connectivity index (χ3n) is 1.78. The van der Waals surface area contributed by atoms with Crippen LogP contribution in [0.3, 0.4) is 0 Å². The summed E-state index contributed by atoms with van der Waals surface area (Å²) in [6.45, 7) is 5.85. The molecule has 1 unspecified atom stereocenters. The van der Waals surface area contributed by atoms with Crippen LogP contribution in [0.25, 0.3) is 0 Å². The number of nitrogens with two attached hydrogens (primary N) is 1. The van der Waals surface area contributed by atoms with Crippen molar-refractivity contribution < 1.29 is 0 Å². The zero-order chi connectivity index (χ0) is 8.97. The Morgan fingerprint density at radius 1 is 1.83 bits per heavy atom. The van der Waals surface area contributed by atoms with E-state index < -0.39 is 0 Å². The van der Waals surface area contributed by atoms with Crippen LogP contribution in [0.15, 0.2) is 29.7 Å². The van der Waals surface area contributed by atoms with Gasteiger partial charge in [-0.05, 0) is 18.4 Å². The maximum atomic E-state index is 5.38. The summed E-state index contributed by atoms with van der Waals surface area (Å²) in [6.07, 6.45) is 0.934. The van der Waals surface area contributed by atoms with Gasteiger partial charge in [-0.1, -0.05) is 18.2 Å². The van der Waals surface area contributed by atoms with Crippen molar-refractivity contribution in [3.05, 3.63) is 34.5 Å². The SMILES string of the molecule is C=C(C)C(Cc1cccs1)NN. The molecule has 0 amide bonds. The zero-order valence-corrected chi connectivity index (χ0v) is 8.03. The molecule has 0 fully saturated rings. The van der Waals surface area contributed by atoms with E-state index in [9.17, 15) is 0 Å². The van der Waals surface area contributed by atoms with Crippen molar-refractivity contribution in [1.82, 2.24) is 5.43 Å². The first-order valence-electron chi connectivity index (χ1n) is 3.88. The number of hydrazine groups is 1. The molecule has 2 nitrogen and oxygen atoms in total. The molecule has 3 heteroatoms. The second-order valence-electron chi connectivity index (χ2n) is 2.85. The van der Waals surface area contributed by atoms with Crippen LogP contribution in [0.2, 0.25) is 0 Å². The van der Waals surface area contributed by atoms with Gasteiger partial charge in [0.15, 0.2) is 0 Å². The largest absolute Gasteiger partial charge is 0.271 e. The van der Waals surface area contributed by atoms with Gasteiger partial charge in [-0.2, -0.15) is 0 Å².